The summed E-state index contributed by atoms with van der Waals surface area (Å²) >= 11 is 0. The number of para-hydroxylation sites is 1. The molecule has 0 bridgehead atoms. The van der Waals surface area contributed by atoms with Crippen LogP contribution >= 0.6 is 0 Å². The molecule has 4 rings (SSSR count). The van der Waals surface area contributed by atoms with E-state index in [0.29, 0.717) is 17.6 Å². The Bertz CT molecular complexity index is 965. The maximum absolute atomic E-state index is 12.6. The van der Waals surface area contributed by atoms with E-state index in [9.17, 15) is 4.79 Å². The summed E-state index contributed by atoms with van der Waals surface area (Å²) in [7, 11) is 0. The number of anilines is 2. The zero-order valence-corrected chi connectivity index (χ0v) is 16.7. The highest BCUT2D eigenvalue weighted by Crippen LogP contribution is 2.24. The molecule has 2 heterocycles. The molecule has 1 fully saturated rings. The monoisotopic (exact) mass is 386 g/mol. The molecule has 3 aromatic rings. The Kier molecular flexibility index (Phi) is 5.84. The third kappa shape index (κ3) is 4.80. The van der Waals surface area contributed by atoms with Crippen molar-refractivity contribution >= 4 is 17.5 Å². The summed E-state index contributed by atoms with van der Waals surface area (Å²) in [4.78, 5) is 23.8. The van der Waals surface area contributed by atoms with Crippen molar-refractivity contribution in [3.63, 3.8) is 0 Å². The number of rotatable bonds is 5. The molecule has 2 aromatic carbocycles. The van der Waals surface area contributed by atoms with Crippen LogP contribution in [0.1, 0.15) is 34.5 Å². The fraction of sp³-hybridized carbons (Fsp3) is 0.292. The topological polar surface area (TPSA) is 58.1 Å². The first-order chi connectivity index (χ1) is 14.2. The number of carbonyl (C=O) groups excluding carboxylic acids is 1. The van der Waals surface area contributed by atoms with Crippen LogP contribution in [-0.2, 0) is 6.42 Å². The zero-order valence-electron chi connectivity index (χ0n) is 16.7. The highest BCUT2D eigenvalue weighted by Gasteiger charge is 2.22. The lowest BCUT2D eigenvalue weighted by atomic mass is 9.90. The molecule has 1 aliphatic heterocycles. The second-order valence-corrected chi connectivity index (χ2v) is 7.63. The molecule has 29 heavy (non-hydrogen) atoms. The number of piperidine rings is 1. The molecular formula is C24H26N4O. The largest absolute Gasteiger partial charge is 0.341 e. The van der Waals surface area contributed by atoms with E-state index < -0.39 is 0 Å². The average molecular weight is 386 g/mol. The van der Waals surface area contributed by atoms with Crippen molar-refractivity contribution in [2.45, 2.75) is 26.2 Å². The molecular weight excluding hydrogens is 360 g/mol. The van der Waals surface area contributed by atoms with E-state index in [4.69, 9.17) is 0 Å². The highest BCUT2D eigenvalue weighted by atomic mass is 16.1. The Morgan fingerprint density at radius 1 is 1.03 bits per heavy atom. The lowest BCUT2D eigenvalue weighted by Crippen LogP contribution is -2.35. The van der Waals surface area contributed by atoms with Crippen molar-refractivity contribution in [1.29, 1.82) is 0 Å². The van der Waals surface area contributed by atoms with Gasteiger partial charge < -0.3 is 10.2 Å². The van der Waals surface area contributed by atoms with E-state index in [1.54, 1.807) is 12.3 Å². The van der Waals surface area contributed by atoms with Crippen LogP contribution in [0.2, 0.25) is 0 Å². The quantitative estimate of drug-likeness (QED) is 0.702. The normalized spacial score (nSPS) is 14.6. The predicted octanol–water partition coefficient (Wildman–Crippen LogP) is 4.50. The van der Waals surface area contributed by atoms with Crippen molar-refractivity contribution in [3.05, 3.63) is 83.7 Å². The molecule has 0 saturated carbocycles. The highest BCUT2D eigenvalue weighted by molar-refractivity contribution is 6.03. The lowest BCUT2D eigenvalue weighted by Gasteiger charge is -2.32. The van der Waals surface area contributed by atoms with Gasteiger partial charge in [-0.1, -0.05) is 48.5 Å². The zero-order chi connectivity index (χ0) is 20.1. The lowest BCUT2D eigenvalue weighted by molar-refractivity contribution is 0.102. The summed E-state index contributed by atoms with van der Waals surface area (Å²) in [6.45, 7) is 3.81. The fourth-order valence-electron chi connectivity index (χ4n) is 3.81. The summed E-state index contributed by atoms with van der Waals surface area (Å²) < 4.78 is 0. The van der Waals surface area contributed by atoms with E-state index in [-0.39, 0.29) is 5.91 Å². The SMILES string of the molecule is Cc1ccccc1NC(=O)c1ccnc(N2CCC(Cc3ccccc3)CC2)n1. The van der Waals surface area contributed by atoms with Crippen molar-refractivity contribution in [3.8, 4) is 0 Å². The van der Waals surface area contributed by atoms with Crippen LogP contribution in [0, 0.1) is 12.8 Å². The Hall–Kier alpha value is -3.21. The molecule has 5 nitrogen and oxygen atoms in total. The van der Waals surface area contributed by atoms with Gasteiger partial charge in [-0.3, -0.25) is 4.79 Å². The molecule has 0 unspecified atom stereocenters. The summed E-state index contributed by atoms with van der Waals surface area (Å²) in [5.41, 5.74) is 3.62. The van der Waals surface area contributed by atoms with Gasteiger partial charge in [0.15, 0.2) is 0 Å². The van der Waals surface area contributed by atoms with Crippen LogP contribution in [0.4, 0.5) is 11.6 Å². The minimum atomic E-state index is -0.207. The molecule has 0 atom stereocenters. The van der Waals surface area contributed by atoms with E-state index in [1.165, 1.54) is 5.56 Å². The smallest absolute Gasteiger partial charge is 0.274 e. The number of carbonyl (C=O) groups is 1. The van der Waals surface area contributed by atoms with Gasteiger partial charge in [-0.15, -0.1) is 0 Å². The van der Waals surface area contributed by atoms with Crippen LogP contribution in [0.25, 0.3) is 0 Å². The van der Waals surface area contributed by atoms with Gasteiger partial charge in [0.1, 0.15) is 5.69 Å². The second-order valence-electron chi connectivity index (χ2n) is 7.63. The van der Waals surface area contributed by atoms with Crippen molar-refractivity contribution < 1.29 is 4.79 Å². The Morgan fingerprint density at radius 3 is 2.52 bits per heavy atom. The van der Waals surface area contributed by atoms with Crippen molar-refractivity contribution in [2.24, 2.45) is 5.92 Å². The molecule has 1 amide bonds. The number of hydrogen-bond acceptors (Lipinski definition) is 4. The Morgan fingerprint density at radius 2 is 1.76 bits per heavy atom. The van der Waals surface area contributed by atoms with Gasteiger partial charge in [0.05, 0.1) is 0 Å². The first kappa shape index (κ1) is 19.1. The van der Waals surface area contributed by atoms with Crippen LogP contribution in [0.15, 0.2) is 66.9 Å². The number of hydrogen-bond donors (Lipinski definition) is 1. The first-order valence-corrected chi connectivity index (χ1v) is 10.2. The van der Waals surface area contributed by atoms with Gasteiger partial charge >= 0.3 is 0 Å². The van der Waals surface area contributed by atoms with Crippen LogP contribution in [0.5, 0.6) is 0 Å². The number of aryl methyl sites for hydroxylation is 1. The van der Waals surface area contributed by atoms with E-state index in [0.717, 1.165) is 43.6 Å². The summed E-state index contributed by atoms with van der Waals surface area (Å²) in [5, 5.41) is 2.94. The molecule has 1 aromatic heterocycles. The molecule has 1 saturated heterocycles. The first-order valence-electron chi connectivity index (χ1n) is 10.2. The minimum absolute atomic E-state index is 0.207. The maximum atomic E-state index is 12.6. The second kappa shape index (κ2) is 8.86. The van der Waals surface area contributed by atoms with Crippen molar-refractivity contribution in [2.75, 3.05) is 23.3 Å². The molecule has 148 valence electrons. The summed E-state index contributed by atoms with van der Waals surface area (Å²) in [6, 6.07) is 20.1. The number of aromatic nitrogens is 2. The van der Waals surface area contributed by atoms with E-state index >= 15 is 0 Å². The number of nitrogens with one attached hydrogen (secondary N) is 1. The predicted molar refractivity (Wildman–Crippen MR) is 116 cm³/mol. The Balaban J connectivity index is 1.38. The third-order valence-electron chi connectivity index (χ3n) is 5.53. The Labute approximate surface area is 171 Å². The van der Waals surface area contributed by atoms with Gasteiger partial charge in [0, 0.05) is 25.0 Å². The molecule has 1 aliphatic rings. The van der Waals surface area contributed by atoms with Crippen molar-refractivity contribution in [1.82, 2.24) is 9.97 Å². The van der Waals surface area contributed by atoms with Crippen LogP contribution in [0.3, 0.4) is 0 Å². The molecule has 0 aliphatic carbocycles. The van der Waals surface area contributed by atoms with Gasteiger partial charge in [0.25, 0.3) is 5.91 Å². The van der Waals surface area contributed by atoms with Gasteiger partial charge in [0.2, 0.25) is 5.95 Å². The fourth-order valence-corrected chi connectivity index (χ4v) is 3.81. The van der Waals surface area contributed by atoms with Crippen LogP contribution < -0.4 is 10.2 Å². The number of amides is 1. The average Bonchev–Trinajstić information content (AvgIpc) is 2.77. The standard InChI is InChI=1S/C24H26N4O/c1-18-7-5-6-10-21(18)26-23(29)22-11-14-25-24(27-22)28-15-12-20(13-16-28)17-19-8-3-2-4-9-19/h2-11,14,20H,12-13,15-17H2,1H3,(H,26,29). The maximum Gasteiger partial charge on any atom is 0.274 e. The molecule has 5 heteroatoms. The van der Waals surface area contributed by atoms with Gasteiger partial charge in [-0.2, -0.15) is 0 Å². The summed E-state index contributed by atoms with van der Waals surface area (Å²) in [6.07, 6.45) is 5.01. The van der Waals surface area contributed by atoms with Gasteiger partial charge in [-0.05, 0) is 55.4 Å². The molecule has 1 N–H and O–H groups in total. The summed E-state index contributed by atoms with van der Waals surface area (Å²) in [5.74, 6) is 1.11. The number of nitrogens with zero attached hydrogens (tertiary/aromatic N) is 3. The number of benzene rings is 2. The molecule has 0 spiro atoms. The van der Waals surface area contributed by atoms with E-state index in [1.807, 2.05) is 31.2 Å². The third-order valence-corrected chi connectivity index (χ3v) is 5.53. The van der Waals surface area contributed by atoms with Crippen LogP contribution in [-0.4, -0.2) is 29.0 Å². The van der Waals surface area contributed by atoms with Gasteiger partial charge in [-0.25, -0.2) is 9.97 Å². The van der Waals surface area contributed by atoms with E-state index in [2.05, 4.69) is 50.5 Å². The minimum Gasteiger partial charge on any atom is -0.341 e. The molecule has 0 radical (unpaired) electrons.